The van der Waals surface area contributed by atoms with Crippen LogP contribution in [0.25, 0.3) is 11.1 Å². The first-order valence-electron chi connectivity index (χ1n) is 4.97. The van der Waals surface area contributed by atoms with E-state index in [1.807, 2.05) is 0 Å². The van der Waals surface area contributed by atoms with E-state index in [1.54, 1.807) is 25.2 Å². The maximum atomic E-state index is 11.5. The van der Waals surface area contributed by atoms with Gasteiger partial charge in [0.05, 0.1) is 5.52 Å². The molecule has 0 spiro atoms. The highest BCUT2D eigenvalue weighted by molar-refractivity contribution is 5.84. The monoisotopic (exact) mass is 236 g/mol. The molecule has 1 heterocycles. The molecule has 2 aromatic rings. The van der Waals surface area contributed by atoms with Crippen LogP contribution in [0, 0.1) is 0 Å². The van der Waals surface area contributed by atoms with Gasteiger partial charge in [0.15, 0.2) is 5.58 Å². The van der Waals surface area contributed by atoms with Crippen molar-refractivity contribution in [2.45, 2.75) is 6.04 Å². The number of H-pyrrole nitrogens is 1. The van der Waals surface area contributed by atoms with Crippen LogP contribution in [0.5, 0.6) is 0 Å². The average Bonchev–Trinajstić information content (AvgIpc) is 2.67. The number of nitrogens with two attached hydrogens (primary N) is 1. The van der Waals surface area contributed by atoms with E-state index in [9.17, 15) is 9.59 Å². The van der Waals surface area contributed by atoms with Crippen molar-refractivity contribution in [3.63, 3.8) is 0 Å². The van der Waals surface area contributed by atoms with Gasteiger partial charge in [0.2, 0.25) is 0 Å². The van der Waals surface area contributed by atoms with Crippen molar-refractivity contribution >= 4 is 17.0 Å². The highest BCUT2D eigenvalue weighted by atomic mass is 16.4. The number of carbonyl (C=O) groups is 1. The Morgan fingerprint density at radius 3 is 3.00 bits per heavy atom. The molecule has 0 saturated heterocycles. The highest BCUT2D eigenvalue weighted by Gasteiger charge is 2.16. The molecule has 0 radical (unpaired) electrons. The topological polar surface area (TPSA) is 113 Å². The molecule has 1 unspecified atom stereocenters. The predicted octanol–water partition coefficient (Wildman–Crippen LogP) is -0.628. The van der Waals surface area contributed by atoms with Gasteiger partial charge in [0.25, 0.3) is 5.91 Å². The zero-order valence-corrected chi connectivity index (χ0v) is 9.11. The minimum absolute atomic E-state index is 0.371. The van der Waals surface area contributed by atoms with Crippen LogP contribution in [0.2, 0.25) is 0 Å². The zero-order valence-electron chi connectivity index (χ0n) is 9.11. The molecule has 0 fully saturated rings. The molecule has 0 saturated carbocycles. The number of carbonyl (C=O) groups excluding carboxylic acids is 1. The van der Waals surface area contributed by atoms with E-state index in [4.69, 9.17) is 10.2 Å². The van der Waals surface area contributed by atoms with Gasteiger partial charge in [-0.05, 0) is 17.7 Å². The average molecular weight is 236 g/mol. The van der Waals surface area contributed by atoms with E-state index >= 15 is 0 Å². The van der Waals surface area contributed by atoms with Crippen molar-refractivity contribution in [3.05, 3.63) is 34.3 Å². The molecule has 2 rings (SSSR count). The van der Waals surface area contributed by atoms with Crippen molar-refractivity contribution in [2.24, 2.45) is 5.73 Å². The Labute approximate surface area is 96.0 Å². The molecule has 7 heteroatoms. The number of amides is 1. The van der Waals surface area contributed by atoms with Crippen LogP contribution in [0.1, 0.15) is 11.6 Å². The van der Waals surface area contributed by atoms with Crippen molar-refractivity contribution < 1.29 is 9.21 Å². The number of aromatic nitrogens is 1. The normalized spacial score (nSPS) is 12.6. The van der Waals surface area contributed by atoms with Gasteiger partial charge in [-0.3, -0.25) is 15.2 Å². The Morgan fingerprint density at radius 1 is 1.53 bits per heavy atom. The Kier molecular flexibility index (Phi) is 2.94. The van der Waals surface area contributed by atoms with E-state index in [-0.39, 0.29) is 5.91 Å². The lowest BCUT2D eigenvalue weighted by molar-refractivity contribution is -0.123. The van der Waals surface area contributed by atoms with Gasteiger partial charge in [0, 0.05) is 7.05 Å². The Bertz CT molecular complexity index is 601. The minimum Gasteiger partial charge on any atom is -0.408 e. The molecule has 1 amide bonds. The number of hydrazine groups is 1. The first kappa shape index (κ1) is 11.4. The van der Waals surface area contributed by atoms with Crippen LogP contribution in [0.3, 0.4) is 0 Å². The summed E-state index contributed by atoms with van der Waals surface area (Å²) in [5.41, 5.74) is 12.1. The highest BCUT2D eigenvalue weighted by Crippen LogP contribution is 2.17. The molecular formula is C10H12N4O3. The standard InChI is InChI=1S/C10H12N4O3/c1-12-14-9(15)8(11)5-2-3-6-7(4-5)17-10(16)13-6/h2-4,8,12H,11H2,1H3,(H,13,16)(H,14,15). The van der Waals surface area contributed by atoms with E-state index in [0.29, 0.717) is 16.7 Å². The first-order chi connectivity index (χ1) is 8.11. The summed E-state index contributed by atoms with van der Waals surface area (Å²) in [6.45, 7) is 0. The van der Waals surface area contributed by atoms with Gasteiger partial charge in [0.1, 0.15) is 6.04 Å². The molecular weight excluding hydrogens is 224 g/mol. The molecule has 0 aliphatic heterocycles. The van der Waals surface area contributed by atoms with Crippen molar-refractivity contribution in [1.82, 2.24) is 15.8 Å². The van der Waals surface area contributed by atoms with Gasteiger partial charge in [-0.25, -0.2) is 10.2 Å². The summed E-state index contributed by atoms with van der Waals surface area (Å²) in [6.07, 6.45) is 0. The first-order valence-corrected chi connectivity index (χ1v) is 4.97. The molecule has 1 atom stereocenters. The minimum atomic E-state index is -0.827. The fourth-order valence-corrected chi connectivity index (χ4v) is 1.51. The fraction of sp³-hybridized carbons (Fsp3) is 0.200. The second kappa shape index (κ2) is 4.40. The lowest BCUT2D eigenvalue weighted by atomic mass is 10.1. The second-order valence-electron chi connectivity index (χ2n) is 3.49. The number of benzene rings is 1. The second-order valence-corrected chi connectivity index (χ2v) is 3.49. The summed E-state index contributed by atoms with van der Waals surface area (Å²) in [5, 5.41) is 0. The largest absolute Gasteiger partial charge is 0.417 e. The lowest BCUT2D eigenvalue weighted by Gasteiger charge is -2.11. The summed E-state index contributed by atoms with van der Waals surface area (Å²) in [5.74, 6) is -0.907. The SMILES string of the molecule is CNNC(=O)C(N)c1ccc2[nH]c(=O)oc2c1. The summed E-state index contributed by atoms with van der Waals surface area (Å²) < 4.78 is 4.88. The molecule has 1 aromatic heterocycles. The number of hydrogen-bond acceptors (Lipinski definition) is 5. The summed E-state index contributed by atoms with van der Waals surface area (Å²) in [4.78, 5) is 25.0. The van der Waals surface area contributed by atoms with Gasteiger partial charge < -0.3 is 10.2 Å². The molecule has 0 aliphatic carbocycles. The number of rotatable bonds is 3. The molecule has 90 valence electrons. The number of hydrogen-bond donors (Lipinski definition) is 4. The van der Waals surface area contributed by atoms with Crippen LogP contribution >= 0.6 is 0 Å². The number of fused-ring (bicyclic) bond motifs is 1. The van der Waals surface area contributed by atoms with E-state index in [1.165, 1.54) is 0 Å². The summed E-state index contributed by atoms with van der Waals surface area (Å²) in [6, 6.07) is 4.04. The van der Waals surface area contributed by atoms with E-state index in [2.05, 4.69) is 15.8 Å². The molecule has 5 N–H and O–H groups in total. The zero-order chi connectivity index (χ0) is 12.4. The molecule has 7 nitrogen and oxygen atoms in total. The van der Waals surface area contributed by atoms with Crippen LogP contribution in [0.15, 0.2) is 27.4 Å². The third-order valence-corrected chi connectivity index (χ3v) is 2.33. The van der Waals surface area contributed by atoms with Gasteiger partial charge in [-0.2, -0.15) is 0 Å². The van der Waals surface area contributed by atoms with Crippen LogP contribution in [0.4, 0.5) is 0 Å². The number of aromatic amines is 1. The maximum absolute atomic E-state index is 11.5. The molecule has 1 aromatic carbocycles. The van der Waals surface area contributed by atoms with Gasteiger partial charge >= 0.3 is 5.76 Å². The molecule has 17 heavy (non-hydrogen) atoms. The Hall–Kier alpha value is -2.12. The van der Waals surface area contributed by atoms with E-state index in [0.717, 1.165) is 0 Å². The third-order valence-electron chi connectivity index (χ3n) is 2.33. The third kappa shape index (κ3) is 2.19. The van der Waals surface area contributed by atoms with Crippen molar-refractivity contribution in [3.8, 4) is 0 Å². The van der Waals surface area contributed by atoms with Crippen molar-refractivity contribution in [2.75, 3.05) is 7.05 Å². The Balaban J connectivity index is 2.35. The van der Waals surface area contributed by atoms with Crippen LogP contribution in [-0.4, -0.2) is 17.9 Å². The number of oxazole rings is 1. The fourth-order valence-electron chi connectivity index (χ4n) is 1.51. The summed E-state index contributed by atoms with van der Waals surface area (Å²) >= 11 is 0. The van der Waals surface area contributed by atoms with Crippen LogP contribution < -0.4 is 22.3 Å². The lowest BCUT2D eigenvalue weighted by Crippen LogP contribution is -2.40. The quantitative estimate of drug-likeness (QED) is 0.530. The van der Waals surface area contributed by atoms with Gasteiger partial charge in [-0.15, -0.1) is 0 Å². The van der Waals surface area contributed by atoms with Crippen molar-refractivity contribution in [1.29, 1.82) is 0 Å². The predicted molar refractivity (Wildman–Crippen MR) is 61.0 cm³/mol. The summed E-state index contributed by atoms with van der Waals surface area (Å²) in [7, 11) is 1.57. The number of nitrogens with one attached hydrogen (secondary N) is 3. The molecule has 0 aliphatic rings. The Morgan fingerprint density at radius 2 is 2.29 bits per heavy atom. The van der Waals surface area contributed by atoms with Gasteiger partial charge in [-0.1, -0.05) is 6.07 Å². The molecule has 0 bridgehead atoms. The smallest absolute Gasteiger partial charge is 0.408 e. The van der Waals surface area contributed by atoms with Crippen LogP contribution in [-0.2, 0) is 4.79 Å². The van der Waals surface area contributed by atoms with E-state index < -0.39 is 11.8 Å². The maximum Gasteiger partial charge on any atom is 0.417 e.